The van der Waals surface area contributed by atoms with Gasteiger partial charge in [0.2, 0.25) is 5.91 Å². The number of aliphatic hydroxyl groups excluding tert-OH is 11. The van der Waals surface area contributed by atoms with Gasteiger partial charge in [-0.15, -0.1) is 0 Å². The molecule has 0 spiro atoms. The Hall–Kier alpha value is -3.03. The van der Waals surface area contributed by atoms with E-state index in [1.54, 1.807) is 6.08 Å². The highest BCUT2D eigenvalue weighted by Gasteiger charge is 2.54. The molecule has 610 valence electrons. The predicted octanol–water partition coefficient (Wildman–Crippen LogP) is 15.0. The van der Waals surface area contributed by atoms with Gasteiger partial charge in [0, 0.05) is 6.42 Å². The fourth-order valence-electron chi connectivity index (χ4n) is 13.9. The quantitative estimate of drug-likeness (QED) is 0.0199. The highest BCUT2D eigenvalue weighted by Crippen LogP contribution is 2.33. The standard InChI is InChI=1S/C86H153NO18/c1-3-5-7-9-11-13-15-17-19-21-23-25-27-29-31-32-33-34-35-36-38-40-42-44-46-48-50-52-54-56-58-60-62-64-74(92)87-69(70(91)63-61-59-57-55-53-51-49-47-45-43-41-39-37-30-28-26-24-22-20-18-16-14-12-10-8-6-4-2)68-100-84-80(98)77(95)82(72(66-89)102-84)105-86-81(99)78(96)83(73(67-90)103-86)104-85-79(97)76(94)75(93)71(65-88)101-85/h5,7,11,13,17,19,23,25,29,31,53,55,61,63,69-73,75-86,88-91,93-99H,3-4,6,8-10,12,14-16,18,20-22,24,26-28,30,32-52,54,56-60,62,64-68H2,1-2H3,(H,87,92)/b7-5-,13-11-,19-17-,25-23-,31-29-,55-53+,63-61+. The third-order valence-corrected chi connectivity index (χ3v) is 20.7. The van der Waals surface area contributed by atoms with Crippen molar-refractivity contribution in [3.05, 3.63) is 85.1 Å². The molecule has 0 saturated carbocycles. The molecule has 19 heteroatoms. The molecule has 3 aliphatic heterocycles. The van der Waals surface area contributed by atoms with Crippen molar-refractivity contribution in [2.24, 2.45) is 0 Å². The molecule has 3 saturated heterocycles. The fourth-order valence-corrected chi connectivity index (χ4v) is 13.9. The molecule has 0 aromatic heterocycles. The van der Waals surface area contributed by atoms with Crippen molar-refractivity contribution in [3.8, 4) is 0 Å². The van der Waals surface area contributed by atoms with E-state index in [1.165, 1.54) is 218 Å². The van der Waals surface area contributed by atoms with Crippen LogP contribution in [0.4, 0.5) is 0 Å². The molecule has 3 aliphatic rings. The second-order valence-electron chi connectivity index (χ2n) is 29.9. The van der Waals surface area contributed by atoms with Crippen LogP contribution in [-0.2, 0) is 33.2 Å². The summed E-state index contributed by atoms with van der Waals surface area (Å²) in [6.07, 6.45) is 61.5. The van der Waals surface area contributed by atoms with Crippen LogP contribution in [0.25, 0.3) is 0 Å². The number of aliphatic hydroxyl groups is 11. The van der Waals surface area contributed by atoms with Gasteiger partial charge in [0.05, 0.1) is 38.6 Å². The Morgan fingerprint density at radius 3 is 1.07 bits per heavy atom. The van der Waals surface area contributed by atoms with Crippen LogP contribution in [0.3, 0.4) is 0 Å². The lowest BCUT2D eigenvalue weighted by molar-refractivity contribution is -0.379. The summed E-state index contributed by atoms with van der Waals surface area (Å²) in [5.41, 5.74) is 0. The van der Waals surface area contributed by atoms with Crippen LogP contribution in [0.15, 0.2) is 85.1 Å². The van der Waals surface area contributed by atoms with Crippen LogP contribution in [0.2, 0.25) is 0 Å². The van der Waals surface area contributed by atoms with E-state index in [0.717, 1.165) is 70.6 Å². The second kappa shape index (κ2) is 65.7. The summed E-state index contributed by atoms with van der Waals surface area (Å²) in [6.45, 7) is 1.64. The number of nitrogens with one attached hydrogen (secondary N) is 1. The molecule has 3 fully saturated rings. The number of carbonyl (C=O) groups excluding carboxylic acids is 1. The molecule has 19 nitrogen and oxygen atoms in total. The summed E-state index contributed by atoms with van der Waals surface area (Å²) in [5.74, 6) is -0.283. The SMILES string of the molecule is CC/C=C\C/C=C\C/C=C\C/C=C\C/C=C\CCCCCCCCCCCCCCCCCCCC(=O)NC(COC1OC(CO)C(OC2OC(CO)C(OC3OC(CO)C(O)C(O)C3O)C(O)C2O)C(O)C1O)C(O)/C=C/CC/C=C/CCCCCCCCCCCCCCCCCCCCCCC. The van der Waals surface area contributed by atoms with E-state index < -0.39 is 124 Å². The van der Waals surface area contributed by atoms with Crippen LogP contribution in [0.1, 0.15) is 322 Å². The van der Waals surface area contributed by atoms with Gasteiger partial charge in [-0.2, -0.15) is 0 Å². The maximum absolute atomic E-state index is 13.5. The number of carbonyl (C=O) groups is 1. The summed E-state index contributed by atoms with van der Waals surface area (Å²) in [4.78, 5) is 13.5. The van der Waals surface area contributed by atoms with Crippen molar-refractivity contribution in [1.82, 2.24) is 5.32 Å². The van der Waals surface area contributed by atoms with Gasteiger partial charge < -0.3 is 89.9 Å². The molecular formula is C86H153NO18. The smallest absolute Gasteiger partial charge is 0.220 e. The van der Waals surface area contributed by atoms with Crippen LogP contribution < -0.4 is 5.32 Å². The van der Waals surface area contributed by atoms with E-state index in [9.17, 15) is 61.0 Å². The molecule has 0 aromatic carbocycles. The molecular weight excluding hydrogens is 1330 g/mol. The zero-order chi connectivity index (χ0) is 76.0. The lowest BCUT2D eigenvalue weighted by Gasteiger charge is -2.48. The van der Waals surface area contributed by atoms with Crippen molar-refractivity contribution < 1.29 is 89.4 Å². The lowest BCUT2D eigenvalue weighted by Crippen LogP contribution is -2.66. The summed E-state index contributed by atoms with van der Waals surface area (Å²) in [6, 6.07) is -0.995. The monoisotopic (exact) mass is 1490 g/mol. The Kier molecular flexibility index (Phi) is 60.1. The summed E-state index contributed by atoms with van der Waals surface area (Å²) in [5, 5.41) is 121. The van der Waals surface area contributed by atoms with Crippen LogP contribution in [0, 0.1) is 0 Å². The number of unbranched alkanes of at least 4 members (excludes halogenated alkanes) is 39. The third kappa shape index (κ3) is 45.2. The number of rotatable bonds is 67. The Labute approximate surface area is 635 Å². The molecule has 0 bridgehead atoms. The van der Waals surface area contributed by atoms with Crippen molar-refractivity contribution in [1.29, 1.82) is 0 Å². The van der Waals surface area contributed by atoms with Gasteiger partial charge in [-0.25, -0.2) is 0 Å². The maximum atomic E-state index is 13.5. The minimum absolute atomic E-state index is 0.234. The Morgan fingerprint density at radius 1 is 0.352 bits per heavy atom. The van der Waals surface area contributed by atoms with Gasteiger partial charge >= 0.3 is 0 Å². The average Bonchev–Trinajstić information content (AvgIpc) is 0.780. The van der Waals surface area contributed by atoms with Crippen molar-refractivity contribution >= 4 is 5.91 Å². The molecule has 3 rings (SSSR count). The van der Waals surface area contributed by atoms with Gasteiger partial charge in [0.15, 0.2) is 18.9 Å². The topological polar surface area (TPSA) is 307 Å². The van der Waals surface area contributed by atoms with E-state index in [-0.39, 0.29) is 18.9 Å². The van der Waals surface area contributed by atoms with Gasteiger partial charge in [-0.3, -0.25) is 4.79 Å². The van der Waals surface area contributed by atoms with Crippen molar-refractivity contribution in [3.63, 3.8) is 0 Å². The largest absolute Gasteiger partial charge is 0.394 e. The van der Waals surface area contributed by atoms with Gasteiger partial charge in [-0.05, 0) is 77.0 Å². The fraction of sp³-hybridized carbons (Fsp3) is 0.826. The first-order valence-electron chi connectivity index (χ1n) is 42.3. The minimum atomic E-state index is -1.98. The number of ether oxygens (including phenoxy) is 6. The first-order valence-corrected chi connectivity index (χ1v) is 42.3. The summed E-state index contributed by atoms with van der Waals surface area (Å²) >= 11 is 0. The molecule has 0 aromatic rings. The van der Waals surface area contributed by atoms with Gasteiger partial charge in [-0.1, -0.05) is 324 Å². The van der Waals surface area contributed by atoms with Gasteiger partial charge in [0.1, 0.15) is 73.2 Å². The van der Waals surface area contributed by atoms with Crippen LogP contribution >= 0.6 is 0 Å². The van der Waals surface area contributed by atoms with E-state index in [0.29, 0.717) is 12.8 Å². The normalized spacial score (nSPS) is 26.2. The van der Waals surface area contributed by atoms with E-state index in [1.807, 2.05) is 6.08 Å². The van der Waals surface area contributed by atoms with E-state index in [4.69, 9.17) is 28.4 Å². The minimum Gasteiger partial charge on any atom is -0.394 e. The Bertz CT molecular complexity index is 2230. The molecule has 17 atom stereocenters. The second-order valence-corrected chi connectivity index (χ2v) is 29.9. The number of amides is 1. The van der Waals surface area contributed by atoms with Crippen molar-refractivity contribution in [2.75, 3.05) is 26.4 Å². The number of allylic oxidation sites excluding steroid dienone is 13. The highest BCUT2D eigenvalue weighted by molar-refractivity contribution is 5.76. The van der Waals surface area contributed by atoms with Crippen molar-refractivity contribution in [2.45, 2.75) is 426 Å². The molecule has 12 N–H and O–H groups in total. The summed E-state index contributed by atoms with van der Waals surface area (Å²) < 4.78 is 34.5. The molecule has 3 heterocycles. The molecule has 0 aliphatic carbocycles. The third-order valence-electron chi connectivity index (χ3n) is 20.7. The number of hydrogen-bond donors (Lipinski definition) is 12. The molecule has 0 radical (unpaired) electrons. The predicted molar refractivity (Wildman–Crippen MR) is 420 cm³/mol. The van der Waals surface area contributed by atoms with Crippen LogP contribution in [0.5, 0.6) is 0 Å². The molecule has 1 amide bonds. The maximum Gasteiger partial charge on any atom is 0.220 e. The number of hydrogen-bond acceptors (Lipinski definition) is 18. The van der Waals surface area contributed by atoms with E-state index >= 15 is 0 Å². The summed E-state index contributed by atoms with van der Waals surface area (Å²) in [7, 11) is 0. The van der Waals surface area contributed by atoms with Gasteiger partial charge in [0.25, 0.3) is 0 Å². The zero-order valence-electron chi connectivity index (χ0n) is 65.4. The Balaban J connectivity index is 1.36. The Morgan fingerprint density at radius 2 is 0.667 bits per heavy atom. The van der Waals surface area contributed by atoms with E-state index in [2.05, 4.69) is 92.1 Å². The van der Waals surface area contributed by atoms with Crippen LogP contribution in [-0.4, -0.2) is 193 Å². The molecule has 105 heavy (non-hydrogen) atoms. The highest BCUT2D eigenvalue weighted by atomic mass is 16.8. The average molecular weight is 1490 g/mol. The first-order chi connectivity index (χ1) is 51.3. The first kappa shape index (κ1) is 96.2. The lowest BCUT2D eigenvalue weighted by atomic mass is 9.96. The zero-order valence-corrected chi connectivity index (χ0v) is 65.4. The molecule has 17 unspecified atom stereocenters.